The lowest BCUT2D eigenvalue weighted by Crippen LogP contribution is -2.05. The molecule has 0 amide bonds. The first-order valence-electron chi connectivity index (χ1n) is 7.68. The van der Waals surface area contributed by atoms with Crippen molar-refractivity contribution < 1.29 is 19.2 Å². The molecule has 0 bridgehead atoms. The zero-order valence-electron chi connectivity index (χ0n) is 13.8. The lowest BCUT2D eigenvalue weighted by molar-refractivity contribution is 0.0601. The van der Waals surface area contributed by atoms with Crippen molar-refractivity contribution in [3.05, 3.63) is 65.2 Å². The molecule has 2 saturated heterocycles. The van der Waals surface area contributed by atoms with Gasteiger partial charge in [0.05, 0.1) is 24.9 Å². The van der Waals surface area contributed by atoms with Gasteiger partial charge < -0.3 is 4.74 Å². The second kappa shape index (κ2) is 7.44. The van der Waals surface area contributed by atoms with Crippen molar-refractivity contribution in [3.8, 4) is 0 Å². The van der Waals surface area contributed by atoms with E-state index in [-0.39, 0.29) is 5.97 Å². The van der Waals surface area contributed by atoms with Crippen LogP contribution < -0.4 is 5.06 Å². The van der Waals surface area contributed by atoms with Gasteiger partial charge in [-0.2, -0.15) is 5.06 Å². The third-order valence-corrected chi connectivity index (χ3v) is 3.63. The van der Waals surface area contributed by atoms with Crippen molar-refractivity contribution in [2.75, 3.05) is 25.6 Å². The maximum absolute atomic E-state index is 11.3. The monoisotopic (exact) mass is 328 g/mol. The minimum atomic E-state index is -0.342. The number of benzene rings is 2. The van der Waals surface area contributed by atoms with Crippen molar-refractivity contribution in [1.82, 2.24) is 5.06 Å². The third-order valence-electron chi connectivity index (χ3n) is 3.63. The molecule has 2 aromatic carbocycles. The van der Waals surface area contributed by atoms with Gasteiger partial charge in [0.25, 0.3) is 0 Å². The minimum absolute atomic E-state index is 0.342. The summed E-state index contributed by atoms with van der Waals surface area (Å²) in [6, 6.07) is 15.7. The van der Waals surface area contributed by atoms with E-state index in [0.717, 1.165) is 19.0 Å². The van der Waals surface area contributed by atoms with E-state index in [1.165, 1.54) is 18.2 Å². The van der Waals surface area contributed by atoms with E-state index >= 15 is 0 Å². The average molecular weight is 328 g/mol. The summed E-state index contributed by atoms with van der Waals surface area (Å²) in [7, 11) is 1.36. The molecule has 2 aliphatic rings. The van der Waals surface area contributed by atoms with Crippen LogP contribution in [0.3, 0.4) is 0 Å². The van der Waals surface area contributed by atoms with Crippen molar-refractivity contribution in [3.63, 3.8) is 0 Å². The summed E-state index contributed by atoms with van der Waals surface area (Å²) >= 11 is 0. The summed E-state index contributed by atoms with van der Waals surface area (Å²) in [6.45, 7) is 4.33. The fourth-order valence-electron chi connectivity index (χ4n) is 2.17. The van der Waals surface area contributed by atoms with Crippen LogP contribution >= 0.6 is 0 Å². The average Bonchev–Trinajstić information content (AvgIpc) is 3.51. The Labute approximate surface area is 141 Å². The lowest BCUT2D eigenvalue weighted by atomic mass is 10.1. The minimum Gasteiger partial charge on any atom is -0.465 e. The van der Waals surface area contributed by atoms with Crippen LogP contribution in [-0.2, 0) is 21.0 Å². The second-order valence-electron chi connectivity index (χ2n) is 5.53. The van der Waals surface area contributed by atoms with Crippen LogP contribution in [0.2, 0.25) is 0 Å². The molecule has 126 valence electrons. The highest BCUT2D eigenvalue weighted by Gasteiger charge is 2.25. The predicted molar refractivity (Wildman–Crippen MR) is 88.9 cm³/mol. The first kappa shape index (κ1) is 16.4. The molecule has 0 saturated carbocycles. The van der Waals surface area contributed by atoms with Gasteiger partial charge in [-0.05, 0) is 24.6 Å². The number of carbonyl (C=O) groups is 1. The smallest absolute Gasteiger partial charge is 0.340 e. The third kappa shape index (κ3) is 4.55. The molecule has 2 fully saturated rings. The Hall–Kier alpha value is -2.41. The molecule has 24 heavy (non-hydrogen) atoms. The second-order valence-corrected chi connectivity index (χ2v) is 5.53. The maximum Gasteiger partial charge on any atom is 0.340 e. The van der Waals surface area contributed by atoms with Crippen LogP contribution in [0.25, 0.3) is 0 Å². The number of carbonyl (C=O) groups excluding carboxylic acids is 1. The highest BCUT2D eigenvalue weighted by Crippen LogP contribution is 2.26. The molecule has 0 aromatic heterocycles. The summed E-state index contributed by atoms with van der Waals surface area (Å²) in [5, 5.41) is 3.55. The Kier molecular flexibility index (Phi) is 5.10. The molecule has 0 radical (unpaired) electrons. The van der Waals surface area contributed by atoms with Gasteiger partial charge in [-0.15, -0.1) is 0 Å². The molecule has 2 heterocycles. The zero-order chi connectivity index (χ0) is 16.9. The van der Waals surface area contributed by atoms with E-state index in [1.54, 1.807) is 17.2 Å². The molecule has 0 N–H and O–H groups in total. The van der Waals surface area contributed by atoms with Crippen LogP contribution in [-0.4, -0.2) is 31.6 Å². The summed E-state index contributed by atoms with van der Waals surface area (Å²) in [5.74, 6) is -0.342. The number of hydroxylamine groups is 3. The molecule has 0 spiro atoms. The van der Waals surface area contributed by atoms with E-state index in [9.17, 15) is 4.79 Å². The van der Waals surface area contributed by atoms with Crippen LogP contribution in [0.4, 0.5) is 5.69 Å². The van der Waals surface area contributed by atoms with E-state index in [4.69, 9.17) is 9.68 Å². The Morgan fingerprint density at radius 1 is 1.08 bits per heavy atom. The molecule has 1 atom stereocenters. The number of para-hydroxylation sites is 1. The first-order chi connectivity index (χ1) is 11.7. The van der Waals surface area contributed by atoms with Gasteiger partial charge in [0.1, 0.15) is 6.73 Å². The van der Waals surface area contributed by atoms with Crippen LogP contribution in [0, 0.1) is 6.92 Å². The van der Waals surface area contributed by atoms with Gasteiger partial charge in [0.15, 0.2) is 6.73 Å². The van der Waals surface area contributed by atoms with Crippen LogP contribution in [0.5, 0.6) is 0 Å². The highest BCUT2D eigenvalue weighted by atomic mass is 16.8. The summed E-state index contributed by atoms with van der Waals surface area (Å²) in [5.41, 5.74) is 3.91. The molecule has 1 unspecified atom stereocenters. The lowest BCUT2D eigenvalue weighted by Gasteiger charge is -2.05. The van der Waals surface area contributed by atoms with Gasteiger partial charge in [0, 0.05) is 0 Å². The normalized spacial score (nSPS) is 17.6. The first-order valence-corrected chi connectivity index (χ1v) is 7.68. The number of hydrogen-bond donors (Lipinski definition) is 0. The Bertz CT molecular complexity index is 694. The Balaban J connectivity index is 0.000000143. The number of anilines is 1. The van der Waals surface area contributed by atoms with Crippen molar-refractivity contribution in [2.24, 2.45) is 0 Å². The van der Waals surface area contributed by atoms with Crippen molar-refractivity contribution >= 4 is 11.7 Å². The fourth-order valence-corrected chi connectivity index (χ4v) is 2.17. The van der Waals surface area contributed by atoms with Gasteiger partial charge in [-0.3, -0.25) is 4.84 Å². The molecule has 2 aromatic rings. The van der Waals surface area contributed by atoms with Crippen LogP contribution in [0.15, 0.2) is 48.5 Å². The van der Waals surface area contributed by atoms with Gasteiger partial charge in [-0.25, -0.2) is 14.7 Å². The van der Waals surface area contributed by atoms with Crippen molar-refractivity contribution in [1.29, 1.82) is 0 Å². The SMILES string of the molecule is COC(=O)c1ccccc1N1CO1.Cc1ccc(CN2CO2)cc1. The number of esters is 1. The number of aryl methyl sites for hydroxylation is 1. The molecule has 6 heteroatoms. The number of ether oxygens (including phenoxy) is 1. The number of rotatable bonds is 4. The standard InChI is InChI=1S/C9H9NO3.C9H11NO/c1-12-9(11)7-4-2-3-5-8(7)10-6-13-10;1-8-2-4-9(5-3-8)6-10-7-11-10/h2-5H,6H2,1H3;2-5H,6-7H2,1H3. The molecule has 0 aliphatic carbocycles. The molecular formula is C18H20N2O4. The largest absolute Gasteiger partial charge is 0.465 e. The summed E-state index contributed by atoms with van der Waals surface area (Å²) < 4.78 is 4.63. The number of methoxy groups -OCH3 is 1. The van der Waals surface area contributed by atoms with Gasteiger partial charge in [-0.1, -0.05) is 42.0 Å². The van der Waals surface area contributed by atoms with Gasteiger partial charge >= 0.3 is 5.97 Å². The van der Waals surface area contributed by atoms with Crippen LogP contribution in [0.1, 0.15) is 21.5 Å². The molecule has 6 nitrogen and oxygen atoms in total. The predicted octanol–water partition coefficient (Wildman–Crippen LogP) is 2.88. The summed E-state index contributed by atoms with van der Waals surface area (Å²) in [6.07, 6.45) is 0. The zero-order valence-corrected chi connectivity index (χ0v) is 13.8. The molecular weight excluding hydrogens is 308 g/mol. The van der Waals surface area contributed by atoms with E-state index in [0.29, 0.717) is 12.3 Å². The molecule has 2 aliphatic heterocycles. The van der Waals surface area contributed by atoms with Gasteiger partial charge in [0.2, 0.25) is 0 Å². The van der Waals surface area contributed by atoms with E-state index in [1.807, 2.05) is 17.2 Å². The molecule has 4 rings (SSSR count). The summed E-state index contributed by atoms with van der Waals surface area (Å²) in [4.78, 5) is 21.2. The topological polar surface area (TPSA) is 57.4 Å². The number of nitrogens with zero attached hydrogens (tertiary/aromatic N) is 2. The fraction of sp³-hybridized carbons (Fsp3) is 0.278. The van der Waals surface area contributed by atoms with Crippen molar-refractivity contribution in [2.45, 2.75) is 13.5 Å². The maximum atomic E-state index is 11.3. The van der Waals surface area contributed by atoms with E-state index in [2.05, 4.69) is 35.9 Å². The Morgan fingerprint density at radius 2 is 1.75 bits per heavy atom. The number of hydrogen-bond acceptors (Lipinski definition) is 6. The Morgan fingerprint density at radius 3 is 2.33 bits per heavy atom. The highest BCUT2D eigenvalue weighted by molar-refractivity contribution is 5.95. The van der Waals surface area contributed by atoms with E-state index < -0.39 is 0 Å². The quantitative estimate of drug-likeness (QED) is 0.635.